The largest absolute Gasteiger partial charge is 0.506 e. The quantitative estimate of drug-likeness (QED) is 0.409. The molecule has 1 aromatic heterocycles. The van der Waals surface area contributed by atoms with E-state index in [1.165, 1.54) is 6.20 Å². The first kappa shape index (κ1) is 12.8. The van der Waals surface area contributed by atoms with E-state index in [1.807, 2.05) is 0 Å². The fourth-order valence-corrected chi connectivity index (χ4v) is 0.997. The summed E-state index contributed by atoms with van der Waals surface area (Å²) >= 11 is 0. The molecule has 1 aromatic rings. The van der Waals surface area contributed by atoms with E-state index in [2.05, 4.69) is 10.9 Å². The van der Waals surface area contributed by atoms with Crippen LogP contribution in [0.5, 0.6) is 5.75 Å². The fraction of sp³-hybridized carbons (Fsp3) is 0.375. The highest BCUT2D eigenvalue weighted by atomic mass is 16.4. The van der Waals surface area contributed by atoms with Gasteiger partial charge in [-0.3, -0.25) is 4.98 Å². The van der Waals surface area contributed by atoms with Crippen LogP contribution in [0.2, 0.25) is 0 Å². The van der Waals surface area contributed by atoms with Crippen molar-refractivity contribution in [2.24, 2.45) is 5.90 Å². The Hall–Kier alpha value is -1.21. The lowest BCUT2D eigenvalue weighted by Gasteiger charge is -2.07. The molecule has 1 rings (SSSR count). The van der Waals surface area contributed by atoms with Crippen LogP contribution in [0.3, 0.4) is 0 Å². The number of hydrogen-bond donors (Lipinski definition) is 5. The molecule has 0 unspecified atom stereocenters. The predicted octanol–water partition coefficient (Wildman–Crippen LogP) is -0.585. The molecule has 6 nitrogen and oxygen atoms in total. The lowest BCUT2D eigenvalue weighted by molar-refractivity contribution is 0.254. The van der Waals surface area contributed by atoms with Crippen molar-refractivity contribution in [3.8, 4) is 5.75 Å². The Morgan fingerprint density at radius 2 is 1.86 bits per heavy atom. The zero-order valence-electron chi connectivity index (χ0n) is 7.80. The summed E-state index contributed by atoms with van der Waals surface area (Å²) < 4.78 is 0. The molecule has 0 fully saturated rings. The third kappa shape index (κ3) is 2.64. The first-order valence-corrected chi connectivity index (χ1v) is 3.84. The van der Waals surface area contributed by atoms with Gasteiger partial charge in [-0.2, -0.15) is 0 Å². The summed E-state index contributed by atoms with van der Waals surface area (Å²) in [5, 5.41) is 33.5. The first-order valence-electron chi connectivity index (χ1n) is 3.84. The van der Waals surface area contributed by atoms with Crippen molar-refractivity contribution in [1.29, 1.82) is 0 Å². The lowest BCUT2D eigenvalue weighted by Crippen LogP contribution is -1.98. The smallest absolute Gasteiger partial charge is 0.142 e. The van der Waals surface area contributed by atoms with Crippen molar-refractivity contribution in [2.75, 3.05) is 0 Å². The van der Waals surface area contributed by atoms with Gasteiger partial charge in [-0.25, -0.2) is 5.90 Å². The Kier molecular flexibility index (Phi) is 5.73. The van der Waals surface area contributed by atoms with E-state index in [9.17, 15) is 5.11 Å². The van der Waals surface area contributed by atoms with Crippen LogP contribution in [0.4, 0.5) is 0 Å². The minimum absolute atomic E-state index is 0.0379. The molecule has 0 aliphatic heterocycles. The Morgan fingerprint density at radius 3 is 2.29 bits per heavy atom. The van der Waals surface area contributed by atoms with Crippen LogP contribution < -0.4 is 5.90 Å². The Morgan fingerprint density at radius 1 is 1.29 bits per heavy atom. The maximum atomic E-state index is 9.38. The van der Waals surface area contributed by atoms with Gasteiger partial charge in [0.15, 0.2) is 0 Å². The SMILES string of the molecule is Cc1ncc(CO)c(CO)c1O.NO. The molecular weight excluding hydrogens is 188 g/mol. The molecule has 0 aliphatic rings. The van der Waals surface area contributed by atoms with Crippen molar-refractivity contribution < 1.29 is 20.5 Å². The zero-order valence-corrected chi connectivity index (χ0v) is 7.80. The second-order valence-corrected chi connectivity index (χ2v) is 2.51. The number of nitrogens with two attached hydrogens (primary N) is 1. The van der Waals surface area contributed by atoms with Crippen molar-refractivity contribution in [3.63, 3.8) is 0 Å². The molecule has 0 bridgehead atoms. The summed E-state index contributed by atoms with van der Waals surface area (Å²) in [5.41, 5.74) is 1.27. The van der Waals surface area contributed by atoms with Crippen LogP contribution in [0.25, 0.3) is 0 Å². The second kappa shape index (κ2) is 6.28. The third-order valence-electron chi connectivity index (χ3n) is 1.76. The van der Waals surface area contributed by atoms with E-state index in [4.69, 9.17) is 15.4 Å². The van der Waals surface area contributed by atoms with Crippen LogP contribution in [0, 0.1) is 6.92 Å². The summed E-state index contributed by atoms with van der Waals surface area (Å²) in [6.45, 7) is 1.12. The highest BCUT2D eigenvalue weighted by Crippen LogP contribution is 2.23. The maximum absolute atomic E-state index is 9.38. The standard InChI is InChI=1S/C8H11NO3.H3NO/c1-5-8(12)7(4-11)6(3-10)2-9-5;1-2/h2,10-12H,3-4H2,1H3;2H,1H2. The minimum atomic E-state index is -0.287. The Bertz CT molecular complexity index is 291. The number of aromatic nitrogens is 1. The van der Waals surface area contributed by atoms with Crippen LogP contribution >= 0.6 is 0 Å². The number of hydrogen-bond acceptors (Lipinski definition) is 6. The van der Waals surface area contributed by atoms with Gasteiger partial charge in [-0.15, -0.1) is 0 Å². The Labute approximate surface area is 81.2 Å². The fourth-order valence-electron chi connectivity index (χ4n) is 0.997. The summed E-state index contributed by atoms with van der Waals surface area (Å²) in [5.74, 6) is 3.46. The zero-order chi connectivity index (χ0) is 11.1. The molecule has 0 amide bonds. The van der Waals surface area contributed by atoms with Gasteiger partial charge in [0.2, 0.25) is 0 Å². The average Bonchev–Trinajstić information content (AvgIpc) is 2.24. The van der Waals surface area contributed by atoms with E-state index < -0.39 is 0 Å². The molecule has 6 N–H and O–H groups in total. The lowest BCUT2D eigenvalue weighted by atomic mass is 10.1. The maximum Gasteiger partial charge on any atom is 0.142 e. The van der Waals surface area contributed by atoms with Gasteiger partial charge < -0.3 is 20.5 Å². The van der Waals surface area contributed by atoms with Gasteiger partial charge >= 0.3 is 0 Å². The molecule has 6 heteroatoms. The monoisotopic (exact) mass is 202 g/mol. The van der Waals surface area contributed by atoms with E-state index in [0.29, 0.717) is 16.8 Å². The molecule has 0 aromatic carbocycles. The molecule has 0 atom stereocenters. The molecule has 14 heavy (non-hydrogen) atoms. The van der Waals surface area contributed by atoms with Crippen molar-refractivity contribution in [1.82, 2.24) is 4.98 Å². The molecule has 1 heterocycles. The minimum Gasteiger partial charge on any atom is -0.506 e. The van der Waals surface area contributed by atoms with Crippen LogP contribution in [-0.2, 0) is 13.2 Å². The summed E-state index contributed by atoms with van der Waals surface area (Å²) in [6, 6.07) is 0. The second-order valence-electron chi connectivity index (χ2n) is 2.51. The molecule has 0 aliphatic carbocycles. The molecule has 0 saturated heterocycles. The molecule has 80 valence electrons. The van der Waals surface area contributed by atoms with Crippen LogP contribution in [0.1, 0.15) is 16.8 Å². The predicted molar refractivity (Wildman–Crippen MR) is 48.5 cm³/mol. The highest BCUT2D eigenvalue weighted by molar-refractivity contribution is 5.39. The van der Waals surface area contributed by atoms with Gasteiger partial charge in [-0.05, 0) is 6.92 Å². The molecule has 0 radical (unpaired) electrons. The van der Waals surface area contributed by atoms with E-state index in [0.717, 1.165) is 0 Å². The van der Waals surface area contributed by atoms with Gasteiger partial charge in [0.25, 0.3) is 0 Å². The first-order chi connectivity index (χ1) is 6.70. The summed E-state index contributed by atoms with van der Waals surface area (Å²) in [6.07, 6.45) is 1.45. The Balaban J connectivity index is 0.000000791. The van der Waals surface area contributed by atoms with Gasteiger partial charge in [-0.1, -0.05) is 0 Å². The number of nitrogens with zero attached hydrogens (tertiary/aromatic N) is 1. The molecular formula is C8H14N2O4. The van der Waals surface area contributed by atoms with Gasteiger partial charge in [0.05, 0.1) is 18.9 Å². The normalized spacial score (nSPS) is 9.21. The number of rotatable bonds is 2. The van der Waals surface area contributed by atoms with Crippen molar-refractivity contribution in [3.05, 3.63) is 23.0 Å². The number of pyridine rings is 1. The molecule has 0 saturated carbocycles. The summed E-state index contributed by atoms with van der Waals surface area (Å²) in [4.78, 5) is 3.84. The topological polar surface area (TPSA) is 120 Å². The van der Waals surface area contributed by atoms with Gasteiger partial charge in [0.1, 0.15) is 5.75 Å². The van der Waals surface area contributed by atoms with Gasteiger partial charge in [0, 0.05) is 17.3 Å². The third-order valence-corrected chi connectivity index (χ3v) is 1.76. The van der Waals surface area contributed by atoms with Crippen LogP contribution in [-0.4, -0.2) is 25.5 Å². The van der Waals surface area contributed by atoms with Crippen molar-refractivity contribution in [2.45, 2.75) is 20.1 Å². The molecule has 0 spiro atoms. The average molecular weight is 202 g/mol. The van der Waals surface area contributed by atoms with Crippen LogP contribution in [0.15, 0.2) is 6.20 Å². The van der Waals surface area contributed by atoms with E-state index >= 15 is 0 Å². The van der Waals surface area contributed by atoms with E-state index in [1.54, 1.807) is 6.92 Å². The van der Waals surface area contributed by atoms with Crippen molar-refractivity contribution >= 4 is 0 Å². The summed E-state index contributed by atoms with van der Waals surface area (Å²) in [7, 11) is 0. The highest BCUT2D eigenvalue weighted by Gasteiger charge is 2.09. The number of aromatic hydroxyl groups is 1. The number of aliphatic hydroxyl groups excluding tert-OH is 2. The number of aliphatic hydroxyl groups is 2. The number of aryl methyl sites for hydroxylation is 1. The van der Waals surface area contributed by atoms with E-state index in [-0.39, 0.29) is 19.0 Å².